The maximum Gasteiger partial charge on any atom is 0.253 e. The van der Waals surface area contributed by atoms with Crippen molar-refractivity contribution in [2.45, 2.75) is 19.9 Å². The molecule has 0 saturated carbocycles. The summed E-state index contributed by atoms with van der Waals surface area (Å²) < 4.78 is 6.02. The first kappa shape index (κ1) is 16.6. The van der Waals surface area contributed by atoms with Crippen molar-refractivity contribution >= 4 is 21.8 Å². The van der Waals surface area contributed by atoms with Crippen molar-refractivity contribution in [3.63, 3.8) is 0 Å². The third-order valence-corrected chi connectivity index (χ3v) is 3.74. The van der Waals surface area contributed by atoms with Crippen LogP contribution in [-0.2, 0) is 4.74 Å². The smallest absolute Gasteiger partial charge is 0.253 e. The van der Waals surface area contributed by atoms with E-state index < -0.39 is 0 Å². The van der Waals surface area contributed by atoms with Crippen LogP contribution in [0.15, 0.2) is 40.9 Å². The molecule has 1 atom stereocenters. The van der Waals surface area contributed by atoms with Gasteiger partial charge in [-0.15, -0.1) is 0 Å². The fourth-order valence-electron chi connectivity index (χ4n) is 2.20. The molecule has 116 valence electrons. The summed E-state index contributed by atoms with van der Waals surface area (Å²) in [6.45, 7) is 4.23. The minimum Gasteiger partial charge on any atom is -0.383 e. The molecule has 0 radical (unpaired) electrons. The highest BCUT2D eigenvalue weighted by molar-refractivity contribution is 9.10. The van der Waals surface area contributed by atoms with Crippen LogP contribution in [0.1, 0.15) is 23.0 Å². The van der Waals surface area contributed by atoms with Gasteiger partial charge in [-0.2, -0.15) is 0 Å². The van der Waals surface area contributed by atoms with Crippen LogP contribution in [0.25, 0.3) is 11.3 Å². The van der Waals surface area contributed by atoms with Crippen LogP contribution in [0.3, 0.4) is 0 Å². The average molecular weight is 363 g/mol. The van der Waals surface area contributed by atoms with E-state index >= 15 is 0 Å². The zero-order valence-electron chi connectivity index (χ0n) is 12.9. The molecule has 5 heteroatoms. The van der Waals surface area contributed by atoms with Gasteiger partial charge < -0.3 is 10.1 Å². The first-order valence-corrected chi connectivity index (χ1v) is 7.84. The van der Waals surface area contributed by atoms with Gasteiger partial charge in [0.2, 0.25) is 0 Å². The van der Waals surface area contributed by atoms with Crippen LogP contribution in [0, 0.1) is 6.92 Å². The molecule has 1 heterocycles. The molecule has 1 N–H and O–H groups in total. The normalized spacial score (nSPS) is 12.0. The fourth-order valence-corrected chi connectivity index (χ4v) is 2.60. The Labute approximate surface area is 139 Å². The third-order valence-electron chi connectivity index (χ3n) is 3.24. The van der Waals surface area contributed by atoms with Gasteiger partial charge in [-0.3, -0.25) is 9.78 Å². The number of pyridine rings is 1. The zero-order valence-corrected chi connectivity index (χ0v) is 14.5. The van der Waals surface area contributed by atoms with E-state index in [4.69, 9.17) is 4.74 Å². The van der Waals surface area contributed by atoms with E-state index in [9.17, 15) is 4.79 Å². The van der Waals surface area contributed by atoms with Gasteiger partial charge >= 0.3 is 0 Å². The zero-order chi connectivity index (χ0) is 16.1. The molecule has 0 aliphatic rings. The summed E-state index contributed by atoms with van der Waals surface area (Å²) >= 11 is 3.45. The van der Waals surface area contributed by atoms with Crippen molar-refractivity contribution in [2.24, 2.45) is 0 Å². The molecule has 0 bridgehead atoms. The second-order valence-corrected chi connectivity index (χ2v) is 6.09. The number of aromatic nitrogens is 1. The molecule has 0 spiro atoms. The quantitative estimate of drug-likeness (QED) is 0.884. The molecule has 2 rings (SSSR count). The van der Waals surface area contributed by atoms with Crippen molar-refractivity contribution in [2.75, 3.05) is 13.7 Å². The van der Waals surface area contributed by atoms with Crippen molar-refractivity contribution in [3.8, 4) is 11.3 Å². The van der Waals surface area contributed by atoms with Gasteiger partial charge in [0.1, 0.15) is 0 Å². The monoisotopic (exact) mass is 362 g/mol. The summed E-state index contributed by atoms with van der Waals surface area (Å²) in [5.74, 6) is -0.129. The van der Waals surface area contributed by atoms with E-state index in [1.807, 2.05) is 50.2 Å². The fraction of sp³-hybridized carbons (Fsp3) is 0.294. The largest absolute Gasteiger partial charge is 0.383 e. The van der Waals surface area contributed by atoms with E-state index in [-0.39, 0.29) is 11.9 Å². The van der Waals surface area contributed by atoms with Gasteiger partial charge in [-0.1, -0.05) is 28.1 Å². The van der Waals surface area contributed by atoms with Crippen LogP contribution in [0.5, 0.6) is 0 Å². The molecule has 0 fully saturated rings. The lowest BCUT2D eigenvalue weighted by atomic mass is 10.1. The maximum atomic E-state index is 12.2. The van der Waals surface area contributed by atoms with Crippen molar-refractivity contribution in [3.05, 3.63) is 52.1 Å². The Morgan fingerprint density at radius 3 is 2.77 bits per heavy atom. The highest BCUT2D eigenvalue weighted by atomic mass is 79.9. The summed E-state index contributed by atoms with van der Waals surface area (Å²) in [6.07, 6.45) is 0. The van der Waals surface area contributed by atoms with Gasteiger partial charge in [-0.05, 0) is 38.1 Å². The first-order chi connectivity index (χ1) is 10.5. The topological polar surface area (TPSA) is 51.2 Å². The molecule has 1 aromatic carbocycles. The van der Waals surface area contributed by atoms with Crippen molar-refractivity contribution in [1.82, 2.24) is 10.3 Å². The third kappa shape index (κ3) is 4.15. The first-order valence-electron chi connectivity index (χ1n) is 7.04. The number of halogens is 1. The van der Waals surface area contributed by atoms with Crippen molar-refractivity contribution in [1.29, 1.82) is 0 Å². The van der Waals surface area contributed by atoms with Crippen molar-refractivity contribution < 1.29 is 9.53 Å². The standard InChI is InChI=1S/C17H19BrN2O2/c1-11(10-22-3)19-17(21)15-7-8-16(20-12(15)2)13-5-4-6-14(18)9-13/h4-9,11H,10H2,1-3H3,(H,19,21). The Morgan fingerprint density at radius 1 is 1.36 bits per heavy atom. The highest BCUT2D eigenvalue weighted by Gasteiger charge is 2.13. The highest BCUT2D eigenvalue weighted by Crippen LogP contribution is 2.22. The Balaban J connectivity index is 2.21. The second kappa shape index (κ2) is 7.51. The van der Waals surface area contributed by atoms with Gasteiger partial charge in [0.15, 0.2) is 0 Å². The molecular weight excluding hydrogens is 344 g/mol. The molecule has 1 aromatic heterocycles. The van der Waals surface area contributed by atoms with Crippen LogP contribution in [0.2, 0.25) is 0 Å². The Bertz CT molecular complexity index is 673. The number of benzene rings is 1. The number of methoxy groups -OCH3 is 1. The number of aryl methyl sites for hydroxylation is 1. The molecule has 0 aliphatic carbocycles. The number of amides is 1. The minimum atomic E-state index is -0.129. The Morgan fingerprint density at radius 2 is 2.14 bits per heavy atom. The maximum absolute atomic E-state index is 12.2. The van der Waals surface area contributed by atoms with Gasteiger partial charge in [0.05, 0.1) is 23.6 Å². The minimum absolute atomic E-state index is 0.0401. The van der Waals surface area contributed by atoms with Crippen LogP contribution in [0.4, 0.5) is 0 Å². The molecule has 4 nitrogen and oxygen atoms in total. The molecule has 1 unspecified atom stereocenters. The predicted molar refractivity (Wildman–Crippen MR) is 90.9 cm³/mol. The lowest BCUT2D eigenvalue weighted by Gasteiger charge is -2.14. The number of hydrogen-bond donors (Lipinski definition) is 1. The Kier molecular flexibility index (Phi) is 5.69. The van der Waals surface area contributed by atoms with Crippen LogP contribution in [-0.4, -0.2) is 30.6 Å². The molecular formula is C17H19BrN2O2. The van der Waals surface area contributed by atoms with E-state index in [2.05, 4.69) is 26.2 Å². The molecule has 1 amide bonds. The number of nitrogens with one attached hydrogen (secondary N) is 1. The molecule has 0 saturated heterocycles. The molecule has 0 aliphatic heterocycles. The van der Waals surface area contributed by atoms with Gasteiger partial charge in [0, 0.05) is 23.2 Å². The van der Waals surface area contributed by atoms with Gasteiger partial charge in [-0.25, -0.2) is 0 Å². The van der Waals surface area contributed by atoms with E-state index in [0.29, 0.717) is 17.9 Å². The Hall–Kier alpha value is -1.72. The molecule has 2 aromatic rings. The summed E-state index contributed by atoms with van der Waals surface area (Å²) in [4.78, 5) is 16.8. The summed E-state index contributed by atoms with van der Waals surface area (Å²) in [5.41, 5.74) is 3.15. The number of nitrogens with zero attached hydrogens (tertiary/aromatic N) is 1. The lowest BCUT2D eigenvalue weighted by Crippen LogP contribution is -2.36. The predicted octanol–water partition coefficient (Wildman–Crippen LogP) is 3.58. The average Bonchev–Trinajstić information content (AvgIpc) is 2.47. The van der Waals surface area contributed by atoms with Crippen LogP contribution >= 0.6 is 15.9 Å². The SMILES string of the molecule is COCC(C)NC(=O)c1ccc(-c2cccc(Br)c2)nc1C. The molecule has 22 heavy (non-hydrogen) atoms. The number of hydrogen-bond acceptors (Lipinski definition) is 3. The van der Waals surface area contributed by atoms with Gasteiger partial charge in [0.25, 0.3) is 5.91 Å². The number of ether oxygens (including phenoxy) is 1. The summed E-state index contributed by atoms with van der Waals surface area (Å²) in [7, 11) is 1.61. The number of carbonyl (C=O) groups is 1. The number of rotatable bonds is 5. The van der Waals surface area contributed by atoms with E-state index in [1.54, 1.807) is 7.11 Å². The van der Waals surface area contributed by atoms with E-state index in [1.165, 1.54) is 0 Å². The summed E-state index contributed by atoms with van der Waals surface area (Å²) in [6, 6.07) is 11.6. The number of carbonyl (C=O) groups excluding carboxylic acids is 1. The summed E-state index contributed by atoms with van der Waals surface area (Å²) in [5, 5.41) is 2.89. The van der Waals surface area contributed by atoms with Crippen LogP contribution < -0.4 is 5.32 Å². The van der Waals surface area contributed by atoms with E-state index in [0.717, 1.165) is 15.7 Å². The lowest BCUT2D eigenvalue weighted by molar-refractivity contribution is 0.0904. The second-order valence-electron chi connectivity index (χ2n) is 5.17.